The predicted molar refractivity (Wildman–Crippen MR) is 140 cm³/mol. The third-order valence-corrected chi connectivity index (χ3v) is 6.07. The zero-order valence-corrected chi connectivity index (χ0v) is 22.9. The Labute approximate surface area is 212 Å². The number of amidine groups is 1. The Morgan fingerprint density at radius 2 is 1.64 bits per heavy atom. The number of rotatable bonds is 5. The number of ketones is 1. The van der Waals surface area contributed by atoms with Gasteiger partial charge in [0.15, 0.2) is 5.78 Å². The zero-order valence-electron chi connectivity index (χ0n) is 20.4. The fourth-order valence-electron chi connectivity index (χ4n) is 4.01. The summed E-state index contributed by atoms with van der Waals surface area (Å²) in [6, 6.07) is 7.19. The fourth-order valence-corrected chi connectivity index (χ4v) is 4.22. The van der Waals surface area contributed by atoms with Crippen LogP contribution in [-0.4, -0.2) is 34.8 Å². The molecule has 1 aliphatic rings. The highest BCUT2D eigenvalue weighted by molar-refractivity contribution is 8.93. The first kappa shape index (κ1) is 27.2. The van der Waals surface area contributed by atoms with E-state index in [2.05, 4.69) is 0 Å². The number of phenols is 1. The van der Waals surface area contributed by atoms with E-state index in [-0.39, 0.29) is 51.7 Å². The maximum atomic E-state index is 13.3. The van der Waals surface area contributed by atoms with E-state index in [4.69, 9.17) is 21.7 Å². The van der Waals surface area contributed by atoms with Gasteiger partial charge < -0.3 is 14.7 Å². The van der Waals surface area contributed by atoms with Crippen molar-refractivity contribution in [3.05, 3.63) is 57.1 Å². The van der Waals surface area contributed by atoms with Crippen molar-refractivity contribution >= 4 is 40.2 Å². The number of hydrogen-bond donors (Lipinski definition) is 2. The molecule has 1 aliphatic heterocycles. The number of halogens is 2. The largest absolute Gasteiger partial charge is 0.507 e. The van der Waals surface area contributed by atoms with Crippen LogP contribution in [0.25, 0.3) is 0 Å². The molecule has 0 spiro atoms. The van der Waals surface area contributed by atoms with Gasteiger partial charge in [0.05, 0.1) is 18.2 Å². The van der Waals surface area contributed by atoms with E-state index in [1.165, 1.54) is 0 Å². The standard InChI is InChI=1S/C26H33ClN2O3.BrH/c1-8-32-22-11-16-13-29(24(28)17(16)12-20(22)27)14-21(30)15-9-18(25(2,3)4)23(31)19(10-15)26(5,6)7;/h9-12,28,31H,8,13-14H2,1-7H3;1H. The summed E-state index contributed by atoms with van der Waals surface area (Å²) >= 11 is 6.31. The first-order valence-corrected chi connectivity index (χ1v) is 11.3. The number of aromatic hydroxyl groups is 1. The first-order chi connectivity index (χ1) is 14.7. The van der Waals surface area contributed by atoms with E-state index in [1.54, 1.807) is 23.1 Å². The van der Waals surface area contributed by atoms with E-state index in [0.717, 1.165) is 22.3 Å². The number of phenolic OH excluding ortho intramolecular Hbond substituents is 1. The quantitative estimate of drug-likeness (QED) is 0.419. The third kappa shape index (κ3) is 5.55. The van der Waals surface area contributed by atoms with Crippen LogP contribution < -0.4 is 4.74 Å². The third-order valence-electron chi connectivity index (χ3n) is 5.77. The van der Waals surface area contributed by atoms with Gasteiger partial charge in [-0.05, 0) is 47.6 Å². The molecule has 180 valence electrons. The Morgan fingerprint density at radius 3 is 2.12 bits per heavy atom. The molecule has 0 amide bonds. The Kier molecular flexibility index (Phi) is 7.97. The molecular weight excluding hydrogens is 504 g/mol. The molecule has 0 fully saturated rings. The SMILES string of the molecule is Br.CCOc1cc2c(cc1Cl)C(=N)N(CC(=O)c1cc(C(C)(C)C)c(O)c(C(C)(C)C)c1)C2. The van der Waals surface area contributed by atoms with Gasteiger partial charge in [0.2, 0.25) is 0 Å². The van der Waals surface area contributed by atoms with Crippen molar-refractivity contribution in [2.45, 2.75) is 65.8 Å². The smallest absolute Gasteiger partial charge is 0.182 e. The van der Waals surface area contributed by atoms with Crippen molar-refractivity contribution in [2.24, 2.45) is 0 Å². The lowest BCUT2D eigenvalue weighted by Gasteiger charge is -2.28. The normalized spacial score (nSPS) is 13.6. The lowest BCUT2D eigenvalue weighted by molar-refractivity contribution is 0.0962. The molecule has 2 aromatic carbocycles. The summed E-state index contributed by atoms with van der Waals surface area (Å²) in [7, 11) is 0. The van der Waals surface area contributed by atoms with Crippen LogP contribution in [0, 0.1) is 5.41 Å². The van der Waals surface area contributed by atoms with Crippen LogP contribution in [0.1, 0.15) is 81.1 Å². The maximum absolute atomic E-state index is 13.3. The predicted octanol–water partition coefficient (Wildman–Crippen LogP) is 6.64. The molecule has 0 saturated heterocycles. The van der Waals surface area contributed by atoms with Gasteiger partial charge in [0.1, 0.15) is 17.3 Å². The Bertz CT molecular complexity index is 1050. The minimum atomic E-state index is -0.316. The zero-order chi connectivity index (χ0) is 24.0. The number of carbonyl (C=O) groups excluding carboxylic acids is 1. The van der Waals surface area contributed by atoms with Gasteiger partial charge in [-0.15, -0.1) is 17.0 Å². The van der Waals surface area contributed by atoms with Crippen LogP contribution in [0.5, 0.6) is 11.5 Å². The Balaban J connectivity index is 0.00000385. The van der Waals surface area contributed by atoms with E-state index in [9.17, 15) is 9.90 Å². The van der Waals surface area contributed by atoms with Gasteiger partial charge in [0, 0.05) is 28.8 Å². The number of carbonyl (C=O) groups is 1. The number of nitrogens with zero attached hydrogens (tertiary/aromatic N) is 1. The molecule has 5 nitrogen and oxygen atoms in total. The molecular formula is C26H34BrClN2O3. The fraction of sp³-hybridized carbons (Fsp3) is 0.462. The molecule has 0 saturated carbocycles. The van der Waals surface area contributed by atoms with Gasteiger partial charge in [-0.1, -0.05) is 53.1 Å². The molecule has 1 heterocycles. The molecule has 0 atom stereocenters. The maximum Gasteiger partial charge on any atom is 0.182 e. The summed E-state index contributed by atoms with van der Waals surface area (Å²) in [6.45, 7) is 15.1. The molecule has 2 aromatic rings. The van der Waals surface area contributed by atoms with Crippen LogP contribution in [0.4, 0.5) is 0 Å². The van der Waals surface area contributed by atoms with E-state index < -0.39 is 0 Å². The van der Waals surface area contributed by atoms with Crippen LogP contribution in [0.15, 0.2) is 24.3 Å². The minimum absolute atomic E-state index is 0. The lowest BCUT2D eigenvalue weighted by atomic mass is 9.78. The first-order valence-electron chi connectivity index (χ1n) is 10.9. The van der Waals surface area contributed by atoms with Gasteiger partial charge >= 0.3 is 0 Å². The Hall–Kier alpha value is -2.05. The summed E-state index contributed by atoms with van der Waals surface area (Å²) in [5.41, 5.74) is 3.07. The second kappa shape index (κ2) is 9.67. The highest BCUT2D eigenvalue weighted by Gasteiger charge is 2.31. The minimum Gasteiger partial charge on any atom is -0.507 e. The Morgan fingerprint density at radius 1 is 1.09 bits per heavy atom. The molecule has 0 aliphatic carbocycles. The topological polar surface area (TPSA) is 73.6 Å². The molecule has 0 bridgehead atoms. The monoisotopic (exact) mass is 536 g/mol. The van der Waals surface area contributed by atoms with Gasteiger partial charge in [-0.2, -0.15) is 0 Å². The van der Waals surface area contributed by atoms with Crippen molar-refractivity contribution in [2.75, 3.05) is 13.2 Å². The number of hydrogen-bond acceptors (Lipinski definition) is 4. The summed E-state index contributed by atoms with van der Waals surface area (Å²) in [4.78, 5) is 15.1. The molecule has 0 unspecified atom stereocenters. The van der Waals surface area contributed by atoms with Crippen molar-refractivity contribution in [1.29, 1.82) is 5.41 Å². The molecule has 0 aromatic heterocycles. The highest BCUT2D eigenvalue weighted by Crippen LogP contribution is 2.40. The van der Waals surface area contributed by atoms with Gasteiger partial charge in [-0.3, -0.25) is 10.2 Å². The van der Waals surface area contributed by atoms with Crippen LogP contribution in [0.2, 0.25) is 5.02 Å². The van der Waals surface area contributed by atoms with Gasteiger partial charge in [0.25, 0.3) is 0 Å². The number of nitrogens with one attached hydrogen (secondary N) is 1. The number of Topliss-reactive ketones (excluding diaryl/α,β-unsaturated/α-hetero) is 1. The van der Waals surface area contributed by atoms with Crippen molar-refractivity contribution in [3.63, 3.8) is 0 Å². The second-order valence-corrected chi connectivity index (χ2v) is 10.8. The molecule has 7 heteroatoms. The van der Waals surface area contributed by atoms with Crippen molar-refractivity contribution < 1.29 is 14.6 Å². The van der Waals surface area contributed by atoms with Crippen LogP contribution >= 0.6 is 28.6 Å². The average Bonchev–Trinajstić information content (AvgIpc) is 2.95. The molecule has 33 heavy (non-hydrogen) atoms. The molecule has 2 N–H and O–H groups in total. The van der Waals surface area contributed by atoms with Crippen LogP contribution in [0.3, 0.4) is 0 Å². The van der Waals surface area contributed by atoms with Crippen molar-refractivity contribution in [1.82, 2.24) is 4.90 Å². The number of benzene rings is 2. The second-order valence-electron chi connectivity index (χ2n) is 10.4. The number of fused-ring (bicyclic) bond motifs is 1. The summed E-state index contributed by atoms with van der Waals surface area (Å²) in [5, 5.41) is 20.0. The average molecular weight is 538 g/mol. The summed E-state index contributed by atoms with van der Waals surface area (Å²) in [5.74, 6) is 1.04. The van der Waals surface area contributed by atoms with Gasteiger partial charge in [-0.25, -0.2) is 0 Å². The van der Waals surface area contributed by atoms with Crippen LogP contribution in [-0.2, 0) is 17.4 Å². The molecule has 0 radical (unpaired) electrons. The van der Waals surface area contributed by atoms with E-state index >= 15 is 0 Å². The number of ether oxygens (including phenoxy) is 1. The van der Waals surface area contributed by atoms with E-state index in [1.807, 2.05) is 54.5 Å². The highest BCUT2D eigenvalue weighted by atomic mass is 79.9. The van der Waals surface area contributed by atoms with Crippen molar-refractivity contribution in [3.8, 4) is 11.5 Å². The molecule has 3 rings (SSSR count). The lowest BCUT2D eigenvalue weighted by Crippen LogP contribution is -2.30. The summed E-state index contributed by atoms with van der Waals surface area (Å²) < 4.78 is 5.57. The summed E-state index contributed by atoms with van der Waals surface area (Å²) in [6.07, 6.45) is 0. The van der Waals surface area contributed by atoms with E-state index in [0.29, 0.717) is 29.5 Å².